The summed E-state index contributed by atoms with van der Waals surface area (Å²) in [5.74, 6) is 0. The largest absolute Gasteiger partial charge is 0.444 e. The number of rotatable bonds is 1. The van der Waals surface area contributed by atoms with Gasteiger partial charge in [0.15, 0.2) is 0 Å². The van der Waals surface area contributed by atoms with Crippen molar-refractivity contribution in [1.29, 1.82) is 0 Å². The van der Waals surface area contributed by atoms with Crippen LogP contribution in [0.4, 0.5) is 10.5 Å². The van der Waals surface area contributed by atoms with Gasteiger partial charge in [0.1, 0.15) is 5.60 Å². The van der Waals surface area contributed by atoms with Crippen LogP contribution in [0.3, 0.4) is 0 Å². The Hall–Kier alpha value is -1.03. The quantitative estimate of drug-likeness (QED) is 0.834. The summed E-state index contributed by atoms with van der Waals surface area (Å²) in [6.07, 6.45) is -0.432. The molecular weight excluding hydrogens is 282 g/mol. The molecule has 0 atom stereocenters. The number of nitrogens with one attached hydrogen (secondary N) is 1. The van der Waals surface area contributed by atoms with Gasteiger partial charge in [0.25, 0.3) is 0 Å². The van der Waals surface area contributed by atoms with Gasteiger partial charge < -0.3 is 4.74 Å². The van der Waals surface area contributed by atoms with E-state index in [0.717, 1.165) is 21.3 Å². The summed E-state index contributed by atoms with van der Waals surface area (Å²) < 4.78 is 6.25. The summed E-state index contributed by atoms with van der Waals surface area (Å²) in [4.78, 5) is 11.6. The Morgan fingerprint density at radius 1 is 1.24 bits per heavy atom. The van der Waals surface area contributed by atoms with Gasteiger partial charge in [-0.05, 0) is 57.9 Å². The highest BCUT2D eigenvalue weighted by Gasteiger charge is 2.16. The number of aryl methyl sites for hydroxylation is 2. The molecule has 0 aliphatic rings. The zero-order chi connectivity index (χ0) is 13.2. The summed E-state index contributed by atoms with van der Waals surface area (Å²) in [5.41, 5.74) is 2.42. The monoisotopic (exact) mass is 299 g/mol. The molecule has 0 saturated carbocycles. The second kappa shape index (κ2) is 5.08. The molecule has 0 saturated heterocycles. The maximum absolute atomic E-state index is 11.6. The van der Waals surface area contributed by atoms with Crippen molar-refractivity contribution in [3.05, 3.63) is 27.7 Å². The van der Waals surface area contributed by atoms with Crippen LogP contribution in [0.25, 0.3) is 0 Å². The third kappa shape index (κ3) is 4.38. The predicted molar refractivity (Wildman–Crippen MR) is 73.5 cm³/mol. The summed E-state index contributed by atoms with van der Waals surface area (Å²) in [7, 11) is 0. The van der Waals surface area contributed by atoms with Crippen molar-refractivity contribution in [2.45, 2.75) is 40.2 Å². The maximum Gasteiger partial charge on any atom is 0.412 e. The van der Waals surface area contributed by atoms with Gasteiger partial charge in [-0.3, -0.25) is 5.32 Å². The fraction of sp³-hybridized carbons (Fsp3) is 0.462. The molecule has 0 aliphatic carbocycles. The molecule has 0 bridgehead atoms. The molecule has 0 unspecified atom stereocenters. The molecule has 17 heavy (non-hydrogen) atoms. The normalized spacial score (nSPS) is 11.2. The number of hydrogen-bond acceptors (Lipinski definition) is 2. The molecule has 1 amide bonds. The van der Waals surface area contributed by atoms with Crippen LogP contribution in [-0.2, 0) is 4.74 Å². The number of ether oxygens (including phenoxy) is 1. The summed E-state index contributed by atoms with van der Waals surface area (Å²) in [5, 5.41) is 2.73. The lowest BCUT2D eigenvalue weighted by molar-refractivity contribution is 0.0636. The van der Waals surface area contributed by atoms with Crippen molar-refractivity contribution in [2.24, 2.45) is 0 Å². The Labute approximate surface area is 111 Å². The third-order valence-electron chi connectivity index (χ3n) is 2.08. The number of benzene rings is 1. The zero-order valence-electron chi connectivity index (χ0n) is 10.8. The van der Waals surface area contributed by atoms with Gasteiger partial charge in [0.2, 0.25) is 0 Å². The van der Waals surface area contributed by atoms with Gasteiger partial charge in [0, 0.05) is 10.2 Å². The Morgan fingerprint density at radius 2 is 1.71 bits per heavy atom. The van der Waals surface area contributed by atoms with E-state index in [1.165, 1.54) is 0 Å². The Balaban J connectivity index is 2.79. The van der Waals surface area contributed by atoms with Gasteiger partial charge in [-0.2, -0.15) is 0 Å². The maximum atomic E-state index is 11.6. The molecule has 3 nitrogen and oxygen atoms in total. The molecule has 0 aromatic heterocycles. The summed E-state index contributed by atoms with van der Waals surface area (Å²) in [6, 6.07) is 3.81. The molecule has 0 aliphatic heterocycles. The predicted octanol–water partition coefficient (Wildman–Crippen LogP) is 4.41. The van der Waals surface area contributed by atoms with Crippen LogP contribution in [0.2, 0.25) is 0 Å². The van der Waals surface area contributed by atoms with Crippen LogP contribution >= 0.6 is 15.9 Å². The Morgan fingerprint density at radius 3 is 2.12 bits per heavy atom. The highest BCUT2D eigenvalue weighted by atomic mass is 79.9. The first-order chi connectivity index (χ1) is 7.69. The van der Waals surface area contributed by atoms with Crippen LogP contribution in [0.5, 0.6) is 0 Å². The average molecular weight is 300 g/mol. The van der Waals surface area contributed by atoms with Crippen molar-refractivity contribution in [1.82, 2.24) is 0 Å². The molecule has 1 aromatic rings. The first-order valence-electron chi connectivity index (χ1n) is 5.46. The molecule has 0 fully saturated rings. The van der Waals surface area contributed by atoms with Gasteiger partial charge >= 0.3 is 6.09 Å². The van der Waals surface area contributed by atoms with E-state index in [-0.39, 0.29) is 0 Å². The van der Waals surface area contributed by atoms with E-state index < -0.39 is 11.7 Å². The van der Waals surface area contributed by atoms with Gasteiger partial charge in [0.05, 0.1) is 0 Å². The van der Waals surface area contributed by atoms with E-state index >= 15 is 0 Å². The number of hydrogen-bond donors (Lipinski definition) is 1. The van der Waals surface area contributed by atoms with Gasteiger partial charge in [-0.15, -0.1) is 0 Å². The topological polar surface area (TPSA) is 38.3 Å². The van der Waals surface area contributed by atoms with Crippen LogP contribution in [0.1, 0.15) is 31.9 Å². The highest BCUT2D eigenvalue weighted by Crippen LogP contribution is 2.25. The summed E-state index contributed by atoms with van der Waals surface area (Å²) in [6.45, 7) is 9.48. The average Bonchev–Trinajstić information content (AvgIpc) is 2.10. The molecular formula is C13H18BrNO2. The van der Waals surface area contributed by atoms with E-state index in [4.69, 9.17) is 4.74 Å². The lowest BCUT2D eigenvalue weighted by atomic mass is 10.1. The minimum absolute atomic E-state index is 0.432. The molecule has 94 valence electrons. The number of carbonyl (C=O) groups excluding carboxylic acids is 1. The van der Waals surface area contributed by atoms with E-state index in [0.29, 0.717) is 0 Å². The van der Waals surface area contributed by atoms with Crippen molar-refractivity contribution in [3.63, 3.8) is 0 Å². The minimum Gasteiger partial charge on any atom is -0.444 e. The van der Waals surface area contributed by atoms with E-state index in [2.05, 4.69) is 21.2 Å². The van der Waals surface area contributed by atoms with Gasteiger partial charge in [-0.1, -0.05) is 15.9 Å². The Bertz CT molecular complexity index is 413. The van der Waals surface area contributed by atoms with Crippen molar-refractivity contribution < 1.29 is 9.53 Å². The van der Waals surface area contributed by atoms with E-state index in [1.807, 2.05) is 46.8 Å². The number of halogens is 1. The number of amides is 1. The molecule has 4 heteroatoms. The fourth-order valence-corrected chi connectivity index (χ4v) is 1.67. The van der Waals surface area contributed by atoms with Crippen LogP contribution in [0.15, 0.2) is 16.6 Å². The second-order valence-electron chi connectivity index (χ2n) is 5.05. The van der Waals surface area contributed by atoms with E-state index in [1.54, 1.807) is 0 Å². The molecule has 0 heterocycles. The van der Waals surface area contributed by atoms with E-state index in [9.17, 15) is 4.79 Å². The lowest BCUT2D eigenvalue weighted by Crippen LogP contribution is -2.27. The molecule has 1 N–H and O–H groups in total. The molecule has 0 spiro atoms. The van der Waals surface area contributed by atoms with Crippen molar-refractivity contribution in [2.75, 3.05) is 5.32 Å². The first kappa shape index (κ1) is 14.0. The highest BCUT2D eigenvalue weighted by molar-refractivity contribution is 9.10. The molecule has 0 radical (unpaired) electrons. The van der Waals surface area contributed by atoms with Crippen LogP contribution in [0, 0.1) is 13.8 Å². The fourth-order valence-electron chi connectivity index (χ4n) is 1.44. The SMILES string of the molecule is Cc1cc(NC(=O)OC(C)(C)C)cc(C)c1Br. The summed E-state index contributed by atoms with van der Waals surface area (Å²) >= 11 is 3.48. The smallest absolute Gasteiger partial charge is 0.412 e. The lowest BCUT2D eigenvalue weighted by Gasteiger charge is -2.20. The minimum atomic E-state index is -0.483. The van der Waals surface area contributed by atoms with Crippen molar-refractivity contribution in [3.8, 4) is 0 Å². The first-order valence-corrected chi connectivity index (χ1v) is 6.25. The van der Waals surface area contributed by atoms with Crippen LogP contribution < -0.4 is 5.32 Å². The van der Waals surface area contributed by atoms with Gasteiger partial charge in [-0.25, -0.2) is 4.79 Å². The van der Waals surface area contributed by atoms with Crippen molar-refractivity contribution >= 4 is 27.7 Å². The molecule has 1 aromatic carbocycles. The standard InChI is InChI=1S/C13H18BrNO2/c1-8-6-10(7-9(2)11(8)14)15-12(16)17-13(3,4)5/h6-7H,1-5H3,(H,15,16). The number of anilines is 1. The zero-order valence-corrected chi connectivity index (χ0v) is 12.4. The second-order valence-corrected chi connectivity index (χ2v) is 5.84. The Kier molecular flexibility index (Phi) is 4.20. The number of carbonyl (C=O) groups is 1. The van der Waals surface area contributed by atoms with Crippen LogP contribution in [-0.4, -0.2) is 11.7 Å². The molecule has 1 rings (SSSR count). The third-order valence-corrected chi connectivity index (χ3v) is 3.33.